The molecule has 0 radical (unpaired) electrons. The molecule has 0 fully saturated rings. The van der Waals surface area contributed by atoms with E-state index >= 15 is 0 Å². The lowest BCUT2D eigenvalue weighted by Gasteiger charge is -2.16. The Morgan fingerprint density at radius 2 is 2.28 bits per heavy atom. The summed E-state index contributed by atoms with van der Waals surface area (Å²) < 4.78 is 5.75. The van der Waals surface area contributed by atoms with Gasteiger partial charge in [-0.25, -0.2) is 0 Å². The van der Waals surface area contributed by atoms with E-state index < -0.39 is 5.91 Å². The van der Waals surface area contributed by atoms with Crippen LogP contribution in [0.1, 0.15) is 25.0 Å². The van der Waals surface area contributed by atoms with Crippen LogP contribution in [0.25, 0.3) is 6.08 Å². The standard InChI is InChI=1S/C14H14N2O2/c1-14(2)7-10-5-9(3-4-12(10)18-14)6-11(8-15)13(16)17/h3-6H,7H2,1-2H3,(H2,16,17)/b11-6+. The van der Waals surface area contributed by atoms with Gasteiger partial charge in [0.25, 0.3) is 5.91 Å². The van der Waals surface area contributed by atoms with E-state index in [0.29, 0.717) is 0 Å². The molecule has 1 aromatic carbocycles. The van der Waals surface area contributed by atoms with Crippen molar-refractivity contribution in [1.82, 2.24) is 0 Å². The van der Waals surface area contributed by atoms with Gasteiger partial charge >= 0.3 is 0 Å². The molecule has 0 aromatic heterocycles. The first-order chi connectivity index (χ1) is 8.41. The molecule has 1 amide bonds. The third kappa shape index (κ3) is 2.35. The van der Waals surface area contributed by atoms with E-state index in [-0.39, 0.29) is 11.2 Å². The Kier molecular flexibility index (Phi) is 2.84. The lowest BCUT2D eigenvalue weighted by Crippen LogP contribution is -2.24. The zero-order valence-corrected chi connectivity index (χ0v) is 10.4. The van der Waals surface area contributed by atoms with Gasteiger partial charge in [-0.15, -0.1) is 0 Å². The second kappa shape index (κ2) is 4.19. The smallest absolute Gasteiger partial charge is 0.259 e. The van der Waals surface area contributed by atoms with E-state index in [0.717, 1.165) is 23.3 Å². The first-order valence-electron chi connectivity index (χ1n) is 5.65. The highest BCUT2D eigenvalue weighted by Gasteiger charge is 2.29. The van der Waals surface area contributed by atoms with Gasteiger partial charge in [-0.1, -0.05) is 6.07 Å². The fourth-order valence-corrected chi connectivity index (χ4v) is 2.04. The summed E-state index contributed by atoms with van der Waals surface area (Å²) in [5.74, 6) is 0.143. The summed E-state index contributed by atoms with van der Waals surface area (Å²) in [5, 5.41) is 8.79. The van der Waals surface area contributed by atoms with Crippen molar-refractivity contribution in [2.75, 3.05) is 0 Å². The molecule has 18 heavy (non-hydrogen) atoms. The van der Waals surface area contributed by atoms with Crippen molar-refractivity contribution in [3.05, 3.63) is 34.9 Å². The van der Waals surface area contributed by atoms with Crippen molar-refractivity contribution >= 4 is 12.0 Å². The summed E-state index contributed by atoms with van der Waals surface area (Å²) in [6.45, 7) is 4.04. The van der Waals surface area contributed by atoms with E-state index in [2.05, 4.69) is 0 Å². The molecule has 0 saturated carbocycles. The van der Waals surface area contributed by atoms with Gasteiger partial charge in [-0.2, -0.15) is 5.26 Å². The number of fused-ring (bicyclic) bond motifs is 1. The highest BCUT2D eigenvalue weighted by Crippen LogP contribution is 2.35. The molecular formula is C14H14N2O2. The molecule has 0 bridgehead atoms. The zero-order chi connectivity index (χ0) is 13.3. The van der Waals surface area contributed by atoms with Crippen LogP contribution >= 0.6 is 0 Å². The van der Waals surface area contributed by atoms with Gasteiger partial charge in [0.15, 0.2) is 0 Å². The van der Waals surface area contributed by atoms with Gasteiger partial charge in [0, 0.05) is 6.42 Å². The van der Waals surface area contributed by atoms with Crippen molar-refractivity contribution in [2.45, 2.75) is 25.9 Å². The highest BCUT2D eigenvalue weighted by atomic mass is 16.5. The monoisotopic (exact) mass is 242 g/mol. The van der Waals surface area contributed by atoms with E-state index in [1.807, 2.05) is 26.0 Å². The number of carbonyl (C=O) groups excluding carboxylic acids is 1. The van der Waals surface area contributed by atoms with Crippen LogP contribution in [-0.4, -0.2) is 11.5 Å². The second-order valence-electron chi connectivity index (χ2n) is 4.94. The number of nitrogens with zero attached hydrogens (tertiary/aromatic N) is 1. The first-order valence-corrected chi connectivity index (χ1v) is 5.65. The van der Waals surface area contributed by atoms with Crippen LogP contribution in [0.15, 0.2) is 23.8 Å². The van der Waals surface area contributed by atoms with E-state index in [4.69, 9.17) is 15.7 Å². The largest absolute Gasteiger partial charge is 0.487 e. The molecule has 0 saturated heterocycles. The number of benzene rings is 1. The fourth-order valence-electron chi connectivity index (χ4n) is 2.04. The maximum absolute atomic E-state index is 11.0. The number of nitriles is 1. The van der Waals surface area contributed by atoms with Gasteiger partial charge in [-0.3, -0.25) is 4.79 Å². The summed E-state index contributed by atoms with van der Waals surface area (Å²) in [6, 6.07) is 7.37. The Hall–Kier alpha value is -2.28. The van der Waals surface area contributed by atoms with Gasteiger partial charge in [-0.05, 0) is 43.2 Å². The van der Waals surface area contributed by atoms with Crippen molar-refractivity contribution in [2.24, 2.45) is 5.73 Å². The molecule has 1 aliphatic heterocycles. The Balaban J connectivity index is 2.36. The minimum absolute atomic E-state index is 0.0480. The molecule has 2 N–H and O–H groups in total. The molecular weight excluding hydrogens is 228 g/mol. The lowest BCUT2D eigenvalue weighted by atomic mass is 9.99. The number of carbonyl (C=O) groups is 1. The van der Waals surface area contributed by atoms with Crippen molar-refractivity contribution < 1.29 is 9.53 Å². The molecule has 92 valence electrons. The predicted octanol–water partition coefficient (Wildman–Crippen LogP) is 1.79. The van der Waals surface area contributed by atoms with Crippen molar-refractivity contribution in [3.63, 3.8) is 0 Å². The SMILES string of the molecule is CC1(C)Cc2cc(/C=C(\C#N)C(N)=O)ccc2O1. The van der Waals surface area contributed by atoms with Gasteiger partial charge in [0.05, 0.1) is 0 Å². The Morgan fingerprint density at radius 1 is 1.56 bits per heavy atom. The van der Waals surface area contributed by atoms with Crippen LogP contribution in [0.3, 0.4) is 0 Å². The van der Waals surface area contributed by atoms with Crippen LogP contribution in [0.5, 0.6) is 5.75 Å². The molecule has 4 heteroatoms. The molecule has 4 nitrogen and oxygen atoms in total. The van der Waals surface area contributed by atoms with Crippen molar-refractivity contribution in [3.8, 4) is 11.8 Å². The maximum Gasteiger partial charge on any atom is 0.259 e. The molecule has 1 aromatic rings. The number of amides is 1. The van der Waals surface area contributed by atoms with Crippen LogP contribution in [0.2, 0.25) is 0 Å². The molecule has 0 aliphatic carbocycles. The zero-order valence-electron chi connectivity index (χ0n) is 10.4. The van der Waals surface area contributed by atoms with Crippen LogP contribution in [-0.2, 0) is 11.2 Å². The number of nitrogens with two attached hydrogens (primary N) is 1. The van der Waals surface area contributed by atoms with Crippen LogP contribution in [0.4, 0.5) is 0 Å². The van der Waals surface area contributed by atoms with E-state index in [9.17, 15) is 4.79 Å². The van der Waals surface area contributed by atoms with Crippen LogP contribution in [0, 0.1) is 11.3 Å². The first kappa shape index (κ1) is 12.2. The lowest BCUT2D eigenvalue weighted by molar-refractivity contribution is -0.114. The number of hydrogen-bond acceptors (Lipinski definition) is 3. The second-order valence-corrected chi connectivity index (χ2v) is 4.94. The molecule has 0 spiro atoms. The maximum atomic E-state index is 11.0. The molecule has 1 heterocycles. The third-order valence-electron chi connectivity index (χ3n) is 2.78. The highest BCUT2D eigenvalue weighted by molar-refractivity contribution is 6.00. The minimum Gasteiger partial charge on any atom is -0.487 e. The summed E-state index contributed by atoms with van der Waals surface area (Å²) in [4.78, 5) is 11.0. The predicted molar refractivity (Wildman–Crippen MR) is 67.6 cm³/mol. The molecule has 0 unspecified atom stereocenters. The summed E-state index contributed by atoms with van der Waals surface area (Å²) >= 11 is 0. The summed E-state index contributed by atoms with van der Waals surface area (Å²) in [7, 11) is 0. The van der Waals surface area contributed by atoms with E-state index in [1.165, 1.54) is 6.08 Å². The number of hydrogen-bond donors (Lipinski definition) is 1. The quantitative estimate of drug-likeness (QED) is 0.634. The molecule has 2 rings (SSSR count). The summed E-state index contributed by atoms with van der Waals surface area (Å²) in [6.07, 6.45) is 2.30. The van der Waals surface area contributed by atoms with E-state index in [1.54, 1.807) is 12.1 Å². The Bertz CT molecular complexity index is 580. The Morgan fingerprint density at radius 3 is 2.89 bits per heavy atom. The number of ether oxygens (including phenoxy) is 1. The normalized spacial score (nSPS) is 16.6. The number of rotatable bonds is 2. The molecule has 0 atom stereocenters. The van der Waals surface area contributed by atoms with Crippen molar-refractivity contribution in [1.29, 1.82) is 5.26 Å². The molecule has 1 aliphatic rings. The average molecular weight is 242 g/mol. The van der Waals surface area contributed by atoms with Gasteiger partial charge in [0.1, 0.15) is 23.0 Å². The number of primary amides is 1. The average Bonchev–Trinajstić information content (AvgIpc) is 2.58. The minimum atomic E-state index is -0.713. The van der Waals surface area contributed by atoms with Gasteiger partial charge in [0.2, 0.25) is 0 Å². The fraction of sp³-hybridized carbons (Fsp3) is 0.286. The Labute approximate surface area is 106 Å². The third-order valence-corrected chi connectivity index (χ3v) is 2.78. The topological polar surface area (TPSA) is 76.1 Å². The van der Waals surface area contributed by atoms with Gasteiger partial charge < -0.3 is 10.5 Å². The van der Waals surface area contributed by atoms with Crippen LogP contribution < -0.4 is 10.5 Å². The summed E-state index contributed by atoms with van der Waals surface area (Å²) in [5.41, 5.74) is 6.71.